The van der Waals surface area contributed by atoms with Crippen molar-refractivity contribution in [3.8, 4) is 0 Å². The summed E-state index contributed by atoms with van der Waals surface area (Å²) in [6.07, 6.45) is 2.40. The van der Waals surface area contributed by atoms with E-state index < -0.39 is 10.0 Å². The van der Waals surface area contributed by atoms with Gasteiger partial charge in [0.25, 0.3) is 0 Å². The smallest absolute Gasteiger partial charge is 0.240 e. The summed E-state index contributed by atoms with van der Waals surface area (Å²) in [5, 5.41) is 1.22. The van der Waals surface area contributed by atoms with Crippen LogP contribution in [0.25, 0.3) is 10.9 Å². The van der Waals surface area contributed by atoms with Crippen molar-refractivity contribution in [3.05, 3.63) is 64.3 Å². The number of aryl methyl sites for hydroxylation is 4. The van der Waals surface area contributed by atoms with Crippen LogP contribution in [0.15, 0.2) is 41.3 Å². The van der Waals surface area contributed by atoms with E-state index in [1.165, 1.54) is 22.2 Å². The van der Waals surface area contributed by atoms with Gasteiger partial charge in [-0.1, -0.05) is 17.7 Å². The monoisotopic (exact) mass is 368 g/mol. The number of aromatic amines is 1. The first-order chi connectivity index (χ1) is 12.3. The van der Waals surface area contributed by atoms with Crippen LogP contribution in [0.2, 0.25) is 0 Å². The van der Waals surface area contributed by atoms with Crippen LogP contribution >= 0.6 is 0 Å². The molecular weight excluding hydrogens is 344 g/mol. The first-order valence-electron chi connectivity index (χ1n) is 9.03. The van der Waals surface area contributed by atoms with Crippen LogP contribution in [0.4, 0.5) is 0 Å². The van der Waals surface area contributed by atoms with E-state index in [2.05, 4.69) is 34.8 Å². The van der Waals surface area contributed by atoms with E-state index in [-0.39, 0.29) is 6.04 Å². The number of H-pyrrole nitrogens is 1. The highest BCUT2D eigenvalue weighted by atomic mass is 32.2. The zero-order chi connectivity index (χ0) is 18.5. The van der Waals surface area contributed by atoms with Gasteiger partial charge in [-0.3, -0.25) is 0 Å². The van der Waals surface area contributed by atoms with Gasteiger partial charge < -0.3 is 4.98 Å². The Kier molecular flexibility index (Phi) is 4.16. The van der Waals surface area contributed by atoms with Gasteiger partial charge in [-0.2, -0.15) is 0 Å². The quantitative estimate of drug-likeness (QED) is 0.736. The SMILES string of the molecule is Cc1ccc2[nH]c3c(c2c1)CC(NS(=O)(=O)c1ccc(C)c(C)c1)CC3. The summed E-state index contributed by atoms with van der Waals surface area (Å²) < 4.78 is 28.6. The van der Waals surface area contributed by atoms with E-state index in [1.54, 1.807) is 12.1 Å². The Morgan fingerprint density at radius 1 is 1.04 bits per heavy atom. The molecule has 0 spiro atoms. The zero-order valence-corrected chi connectivity index (χ0v) is 16.2. The third-order valence-electron chi connectivity index (χ3n) is 5.45. The molecule has 0 bridgehead atoms. The van der Waals surface area contributed by atoms with Crippen molar-refractivity contribution < 1.29 is 8.42 Å². The normalized spacial score (nSPS) is 17.4. The van der Waals surface area contributed by atoms with E-state index in [0.717, 1.165) is 35.9 Å². The Hall–Kier alpha value is -2.11. The van der Waals surface area contributed by atoms with Crippen LogP contribution in [0.1, 0.15) is 34.4 Å². The van der Waals surface area contributed by atoms with Crippen molar-refractivity contribution in [3.63, 3.8) is 0 Å². The van der Waals surface area contributed by atoms with Gasteiger partial charge in [0.05, 0.1) is 4.90 Å². The van der Waals surface area contributed by atoms with Crippen molar-refractivity contribution in [1.82, 2.24) is 9.71 Å². The van der Waals surface area contributed by atoms with Crippen LogP contribution in [0, 0.1) is 20.8 Å². The van der Waals surface area contributed by atoms with Crippen molar-refractivity contribution >= 4 is 20.9 Å². The number of benzene rings is 2. The fourth-order valence-corrected chi connectivity index (χ4v) is 5.16. The van der Waals surface area contributed by atoms with Gasteiger partial charge in [0.15, 0.2) is 0 Å². The van der Waals surface area contributed by atoms with Crippen LogP contribution in [-0.2, 0) is 22.9 Å². The molecule has 2 aromatic carbocycles. The molecule has 1 aliphatic carbocycles. The van der Waals surface area contributed by atoms with Gasteiger partial charge in [0.1, 0.15) is 0 Å². The summed E-state index contributed by atoms with van der Waals surface area (Å²) in [6.45, 7) is 6.01. The van der Waals surface area contributed by atoms with E-state index in [1.807, 2.05) is 19.9 Å². The molecule has 0 saturated carbocycles. The fraction of sp³-hybridized carbons (Fsp3) is 0.333. The number of hydrogen-bond donors (Lipinski definition) is 2. The molecule has 3 aromatic rings. The molecule has 4 rings (SSSR count). The molecule has 1 heterocycles. The van der Waals surface area contributed by atoms with Crippen molar-refractivity contribution in [2.45, 2.75) is 51.0 Å². The summed E-state index contributed by atoms with van der Waals surface area (Å²) in [6, 6.07) is 11.6. The highest BCUT2D eigenvalue weighted by molar-refractivity contribution is 7.89. The Bertz CT molecular complexity index is 1100. The van der Waals surface area contributed by atoms with Gasteiger partial charge in [-0.15, -0.1) is 0 Å². The first kappa shape index (κ1) is 17.3. The van der Waals surface area contributed by atoms with Gasteiger partial charge in [-0.25, -0.2) is 13.1 Å². The standard InChI is InChI=1S/C21H24N2O2S/c1-13-4-8-20-18(10-13)19-12-16(6-9-21(19)22-20)23-26(24,25)17-7-5-14(2)15(3)11-17/h4-5,7-8,10-11,16,22-23H,6,9,12H2,1-3H3. The van der Waals surface area contributed by atoms with Crippen molar-refractivity contribution in [1.29, 1.82) is 0 Å². The molecule has 2 N–H and O–H groups in total. The molecule has 0 aliphatic heterocycles. The summed E-state index contributed by atoms with van der Waals surface area (Å²) in [5.74, 6) is 0. The zero-order valence-electron chi connectivity index (χ0n) is 15.4. The van der Waals surface area contributed by atoms with Crippen LogP contribution in [0.3, 0.4) is 0 Å². The average Bonchev–Trinajstić information content (AvgIpc) is 2.94. The number of hydrogen-bond acceptors (Lipinski definition) is 2. The minimum Gasteiger partial charge on any atom is -0.358 e. The second-order valence-corrected chi connectivity index (χ2v) is 9.15. The van der Waals surface area contributed by atoms with Gasteiger partial charge in [0, 0.05) is 22.6 Å². The number of aromatic nitrogens is 1. The first-order valence-corrected chi connectivity index (χ1v) is 10.5. The highest BCUT2D eigenvalue weighted by Crippen LogP contribution is 2.30. The minimum atomic E-state index is -3.51. The lowest BCUT2D eigenvalue weighted by Gasteiger charge is -2.23. The van der Waals surface area contributed by atoms with E-state index in [0.29, 0.717) is 4.90 Å². The van der Waals surface area contributed by atoms with Crippen LogP contribution in [0.5, 0.6) is 0 Å². The highest BCUT2D eigenvalue weighted by Gasteiger charge is 2.27. The maximum absolute atomic E-state index is 12.8. The Labute approximate surface area is 154 Å². The molecule has 1 aromatic heterocycles. The lowest BCUT2D eigenvalue weighted by molar-refractivity contribution is 0.506. The second-order valence-electron chi connectivity index (χ2n) is 7.44. The third-order valence-corrected chi connectivity index (χ3v) is 6.97. The predicted molar refractivity (Wildman–Crippen MR) is 105 cm³/mol. The average molecular weight is 369 g/mol. The minimum absolute atomic E-state index is 0.0754. The largest absolute Gasteiger partial charge is 0.358 e. The molecule has 1 aliphatic rings. The predicted octanol–water partition coefficient (Wildman–Crippen LogP) is 3.93. The van der Waals surface area contributed by atoms with E-state index in [9.17, 15) is 8.42 Å². The number of nitrogens with one attached hydrogen (secondary N) is 2. The second kappa shape index (κ2) is 6.25. The Morgan fingerprint density at radius 3 is 2.62 bits per heavy atom. The number of rotatable bonds is 3. The molecule has 136 valence electrons. The van der Waals surface area contributed by atoms with E-state index in [4.69, 9.17) is 0 Å². The molecule has 1 unspecified atom stereocenters. The molecule has 0 radical (unpaired) electrons. The molecule has 0 fully saturated rings. The fourth-order valence-electron chi connectivity index (χ4n) is 3.80. The summed E-state index contributed by atoms with van der Waals surface area (Å²) in [4.78, 5) is 3.84. The van der Waals surface area contributed by atoms with E-state index >= 15 is 0 Å². The Balaban J connectivity index is 1.61. The maximum atomic E-state index is 12.8. The van der Waals surface area contributed by atoms with Crippen LogP contribution in [-0.4, -0.2) is 19.4 Å². The van der Waals surface area contributed by atoms with Gasteiger partial charge in [0.2, 0.25) is 10.0 Å². The summed E-state index contributed by atoms with van der Waals surface area (Å²) >= 11 is 0. The lowest BCUT2D eigenvalue weighted by Crippen LogP contribution is -2.38. The number of sulfonamides is 1. The van der Waals surface area contributed by atoms with Gasteiger partial charge >= 0.3 is 0 Å². The molecule has 0 saturated heterocycles. The molecule has 5 heteroatoms. The molecule has 4 nitrogen and oxygen atoms in total. The topological polar surface area (TPSA) is 62.0 Å². The Morgan fingerprint density at radius 2 is 1.85 bits per heavy atom. The molecule has 26 heavy (non-hydrogen) atoms. The molecule has 1 atom stereocenters. The van der Waals surface area contributed by atoms with Crippen molar-refractivity contribution in [2.24, 2.45) is 0 Å². The van der Waals surface area contributed by atoms with Crippen molar-refractivity contribution in [2.75, 3.05) is 0 Å². The number of fused-ring (bicyclic) bond motifs is 3. The van der Waals surface area contributed by atoms with Crippen LogP contribution < -0.4 is 4.72 Å². The van der Waals surface area contributed by atoms with Gasteiger partial charge in [-0.05, 0) is 81.0 Å². The summed E-state index contributed by atoms with van der Waals surface area (Å²) in [7, 11) is -3.51. The maximum Gasteiger partial charge on any atom is 0.240 e. The molecular formula is C21H24N2O2S. The lowest BCUT2D eigenvalue weighted by atomic mass is 9.92. The third kappa shape index (κ3) is 3.06. The molecule has 0 amide bonds. The summed E-state index contributed by atoms with van der Waals surface area (Å²) in [5.41, 5.74) is 6.94.